The van der Waals surface area contributed by atoms with Gasteiger partial charge in [0.2, 0.25) is 11.0 Å². The predicted molar refractivity (Wildman–Crippen MR) is 108 cm³/mol. The number of aryl methyl sites for hydroxylation is 2. The van der Waals surface area contributed by atoms with Gasteiger partial charge < -0.3 is 4.98 Å². The number of hydrogen-bond donors (Lipinski definition) is 2. The molecule has 1 amide bonds. The van der Waals surface area contributed by atoms with Crippen LogP contribution in [-0.4, -0.2) is 31.8 Å². The van der Waals surface area contributed by atoms with E-state index in [1.54, 1.807) is 11.3 Å². The lowest BCUT2D eigenvalue weighted by atomic mass is 9.97. The first-order valence-corrected chi connectivity index (χ1v) is 11.6. The molecule has 0 saturated heterocycles. The van der Waals surface area contributed by atoms with Gasteiger partial charge in [-0.25, -0.2) is 4.98 Å². The summed E-state index contributed by atoms with van der Waals surface area (Å²) in [6, 6.07) is 0. The molecule has 3 aromatic rings. The van der Waals surface area contributed by atoms with Gasteiger partial charge in [-0.2, -0.15) is 0 Å². The normalized spacial score (nSPS) is 16.4. The maximum atomic E-state index is 12.5. The Labute approximate surface area is 167 Å². The molecule has 2 N–H and O–H groups in total. The molecular weight excluding hydrogens is 402 g/mol. The predicted octanol–water partition coefficient (Wildman–Crippen LogP) is 3.32. The number of rotatable bonds is 5. The van der Waals surface area contributed by atoms with Gasteiger partial charge in [-0.3, -0.25) is 14.9 Å². The SMILES string of the molecule is O=C(CSc1nc2sc3c(c2c(=O)[nH]1)CCCC3)Nc1nnc(C2CC2)s1. The second-order valence-corrected chi connectivity index (χ2v) is 9.88. The topological polar surface area (TPSA) is 101 Å². The Bertz CT molecular complexity index is 1080. The maximum absolute atomic E-state index is 12.5. The second-order valence-electron chi connectivity index (χ2n) is 6.82. The third-order valence-corrected chi connectivity index (χ3v) is 7.82. The number of fused-ring (bicyclic) bond motifs is 3. The van der Waals surface area contributed by atoms with Crippen LogP contribution >= 0.6 is 34.4 Å². The molecule has 1 fully saturated rings. The van der Waals surface area contributed by atoms with Gasteiger partial charge in [0.1, 0.15) is 9.84 Å². The standard InChI is InChI=1S/C17H17N5O2S3/c23-11(18-17-22-21-14(27-17)8-5-6-8)7-25-16-19-13(24)12-9-3-1-2-4-10(9)26-15(12)20-16/h8H,1-7H2,(H,18,22,23)(H,19,20,24). The van der Waals surface area contributed by atoms with Crippen LogP contribution in [-0.2, 0) is 17.6 Å². The van der Waals surface area contributed by atoms with Gasteiger partial charge in [-0.05, 0) is 44.1 Å². The lowest BCUT2D eigenvalue weighted by Gasteiger charge is -2.09. The highest BCUT2D eigenvalue weighted by atomic mass is 32.2. The number of H-pyrrole nitrogens is 1. The summed E-state index contributed by atoms with van der Waals surface area (Å²) in [4.78, 5) is 34.2. The van der Waals surface area contributed by atoms with Crippen molar-refractivity contribution in [3.8, 4) is 0 Å². The van der Waals surface area contributed by atoms with Crippen LogP contribution in [0.3, 0.4) is 0 Å². The quantitative estimate of drug-likeness (QED) is 0.486. The molecule has 0 aliphatic heterocycles. The zero-order valence-corrected chi connectivity index (χ0v) is 16.9. The zero-order chi connectivity index (χ0) is 18.4. The molecule has 0 radical (unpaired) electrons. The lowest BCUT2D eigenvalue weighted by Crippen LogP contribution is -2.15. The highest BCUT2D eigenvalue weighted by molar-refractivity contribution is 7.99. The Hall–Kier alpha value is -1.78. The van der Waals surface area contributed by atoms with Crippen LogP contribution in [0.25, 0.3) is 10.2 Å². The number of hydrogen-bond acceptors (Lipinski definition) is 8. The van der Waals surface area contributed by atoms with Gasteiger partial charge in [0.15, 0.2) is 5.16 Å². The van der Waals surface area contributed by atoms with E-state index in [1.807, 2.05) is 0 Å². The molecular formula is C17H17N5O2S3. The first-order chi connectivity index (χ1) is 13.2. The number of nitrogens with zero attached hydrogens (tertiary/aromatic N) is 3. The first kappa shape index (κ1) is 17.3. The lowest BCUT2D eigenvalue weighted by molar-refractivity contribution is -0.113. The fourth-order valence-electron chi connectivity index (χ4n) is 3.28. The Morgan fingerprint density at radius 2 is 2.07 bits per heavy atom. The summed E-state index contributed by atoms with van der Waals surface area (Å²) in [6.45, 7) is 0. The van der Waals surface area contributed by atoms with E-state index in [4.69, 9.17) is 0 Å². The summed E-state index contributed by atoms with van der Waals surface area (Å²) >= 11 is 4.29. The average Bonchev–Trinajstić information content (AvgIpc) is 3.28. The Morgan fingerprint density at radius 1 is 1.22 bits per heavy atom. The van der Waals surface area contributed by atoms with Crippen molar-refractivity contribution in [2.75, 3.05) is 11.1 Å². The van der Waals surface area contributed by atoms with Crippen LogP contribution in [0, 0.1) is 0 Å². The molecule has 0 bridgehead atoms. The van der Waals surface area contributed by atoms with Crippen LogP contribution in [0.4, 0.5) is 5.13 Å². The first-order valence-electron chi connectivity index (χ1n) is 8.98. The number of aromatic nitrogens is 4. The van der Waals surface area contributed by atoms with Crippen molar-refractivity contribution in [3.05, 3.63) is 25.8 Å². The number of aromatic amines is 1. The molecule has 27 heavy (non-hydrogen) atoms. The van der Waals surface area contributed by atoms with E-state index in [2.05, 4.69) is 25.5 Å². The monoisotopic (exact) mass is 419 g/mol. The van der Waals surface area contributed by atoms with E-state index in [0.717, 1.165) is 47.3 Å². The summed E-state index contributed by atoms with van der Waals surface area (Å²) in [7, 11) is 0. The van der Waals surface area contributed by atoms with Gasteiger partial charge in [-0.1, -0.05) is 23.1 Å². The smallest absolute Gasteiger partial charge is 0.260 e. The van der Waals surface area contributed by atoms with Crippen molar-refractivity contribution in [2.45, 2.75) is 49.6 Å². The van der Waals surface area contributed by atoms with Gasteiger partial charge in [0, 0.05) is 10.8 Å². The molecule has 10 heteroatoms. The molecule has 3 aromatic heterocycles. The van der Waals surface area contributed by atoms with Crippen molar-refractivity contribution in [1.29, 1.82) is 0 Å². The van der Waals surface area contributed by atoms with E-state index >= 15 is 0 Å². The number of amides is 1. The number of carbonyl (C=O) groups is 1. The highest BCUT2D eigenvalue weighted by Gasteiger charge is 2.27. The van der Waals surface area contributed by atoms with Gasteiger partial charge in [-0.15, -0.1) is 21.5 Å². The summed E-state index contributed by atoms with van der Waals surface area (Å²) in [5, 5.41) is 13.7. The van der Waals surface area contributed by atoms with E-state index in [1.165, 1.54) is 40.0 Å². The van der Waals surface area contributed by atoms with Crippen molar-refractivity contribution < 1.29 is 4.79 Å². The number of thiophene rings is 1. The van der Waals surface area contributed by atoms with Crippen molar-refractivity contribution in [2.24, 2.45) is 0 Å². The van der Waals surface area contributed by atoms with Crippen LogP contribution in [0.2, 0.25) is 0 Å². The van der Waals surface area contributed by atoms with E-state index in [0.29, 0.717) is 16.2 Å². The maximum Gasteiger partial charge on any atom is 0.260 e. The molecule has 7 nitrogen and oxygen atoms in total. The number of thioether (sulfide) groups is 1. The molecule has 0 atom stereocenters. The molecule has 0 spiro atoms. The number of carbonyl (C=O) groups excluding carboxylic acids is 1. The van der Waals surface area contributed by atoms with Gasteiger partial charge >= 0.3 is 0 Å². The van der Waals surface area contributed by atoms with Gasteiger partial charge in [0.05, 0.1) is 11.1 Å². The molecule has 3 heterocycles. The number of nitrogens with one attached hydrogen (secondary N) is 2. The fourth-order valence-corrected chi connectivity index (χ4v) is 6.19. The van der Waals surface area contributed by atoms with E-state index < -0.39 is 0 Å². The summed E-state index contributed by atoms with van der Waals surface area (Å²) in [5.41, 5.74) is 1.08. The van der Waals surface area contributed by atoms with Crippen molar-refractivity contribution >= 4 is 55.7 Å². The zero-order valence-electron chi connectivity index (χ0n) is 14.4. The third-order valence-electron chi connectivity index (χ3n) is 4.76. The Balaban J connectivity index is 1.28. The molecule has 140 valence electrons. The summed E-state index contributed by atoms with van der Waals surface area (Å²) in [5.74, 6) is 0.518. The van der Waals surface area contributed by atoms with Crippen molar-refractivity contribution in [1.82, 2.24) is 20.2 Å². The molecule has 5 rings (SSSR count). The van der Waals surface area contributed by atoms with E-state index in [9.17, 15) is 9.59 Å². The fraction of sp³-hybridized carbons (Fsp3) is 0.471. The molecule has 1 saturated carbocycles. The minimum absolute atomic E-state index is 0.0968. The summed E-state index contributed by atoms with van der Waals surface area (Å²) < 4.78 is 0. The van der Waals surface area contributed by atoms with Crippen LogP contribution < -0.4 is 10.9 Å². The van der Waals surface area contributed by atoms with Crippen LogP contribution in [0.1, 0.15) is 47.0 Å². The largest absolute Gasteiger partial charge is 0.301 e. The number of anilines is 1. The minimum atomic E-state index is -0.174. The summed E-state index contributed by atoms with van der Waals surface area (Å²) in [6.07, 6.45) is 6.61. The van der Waals surface area contributed by atoms with Gasteiger partial charge in [0.25, 0.3) is 5.56 Å². The highest BCUT2D eigenvalue weighted by Crippen LogP contribution is 2.42. The minimum Gasteiger partial charge on any atom is -0.301 e. The Kier molecular flexibility index (Phi) is 4.49. The Morgan fingerprint density at radius 3 is 2.93 bits per heavy atom. The average molecular weight is 420 g/mol. The van der Waals surface area contributed by atoms with Crippen LogP contribution in [0.5, 0.6) is 0 Å². The third kappa shape index (κ3) is 3.53. The molecule has 0 unspecified atom stereocenters. The van der Waals surface area contributed by atoms with E-state index in [-0.39, 0.29) is 17.2 Å². The van der Waals surface area contributed by atoms with Crippen molar-refractivity contribution in [3.63, 3.8) is 0 Å². The molecule has 2 aliphatic rings. The second kappa shape index (κ2) is 6.99. The molecule has 0 aromatic carbocycles. The van der Waals surface area contributed by atoms with Crippen LogP contribution in [0.15, 0.2) is 9.95 Å². The molecule has 2 aliphatic carbocycles.